The van der Waals surface area contributed by atoms with E-state index in [1.54, 1.807) is 30.3 Å². The number of carbonyl (C=O) groups is 2. The zero-order chi connectivity index (χ0) is 18.8. The molecule has 0 unspecified atom stereocenters. The number of ether oxygens (including phenoxy) is 1. The van der Waals surface area contributed by atoms with Crippen LogP contribution in [0.3, 0.4) is 0 Å². The van der Waals surface area contributed by atoms with E-state index in [0.717, 1.165) is 17.5 Å². The van der Waals surface area contributed by atoms with E-state index in [-0.39, 0.29) is 24.8 Å². The molecule has 2 rings (SSSR count). The molecule has 0 saturated heterocycles. The maximum atomic E-state index is 12.0. The fourth-order valence-corrected chi connectivity index (χ4v) is 2.32. The van der Waals surface area contributed by atoms with Crippen LogP contribution in [0.2, 0.25) is 0 Å². The van der Waals surface area contributed by atoms with E-state index in [9.17, 15) is 9.59 Å². The molecule has 2 amide bonds. The van der Waals surface area contributed by atoms with E-state index >= 15 is 0 Å². The Hall–Kier alpha value is -3.33. The van der Waals surface area contributed by atoms with Crippen LogP contribution in [0.15, 0.2) is 48.5 Å². The monoisotopic (exact) mass is 351 g/mol. The van der Waals surface area contributed by atoms with Crippen LogP contribution in [-0.2, 0) is 22.6 Å². The lowest BCUT2D eigenvalue weighted by Crippen LogP contribution is -2.22. The van der Waals surface area contributed by atoms with Crippen LogP contribution in [0.1, 0.15) is 24.5 Å². The molecule has 0 aliphatic carbocycles. The largest absolute Gasteiger partial charge is 0.483 e. The van der Waals surface area contributed by atoms with E-state index in [1.807, 2.05) is 31.2 Å². The molecule has 6 heteroatoms. The van der Waals surface area contributed by atoms with Crippen molar-refractivity contribution in [3.63, 3.8) is 0 Å². The predicted octanol–water partition coefficient (Wildman–Crippen LogP) is 2.80. The molecular weight excluding hydrogens is 330 g/mol. The highest BCUT2D eigenvalue weighted by atomic mass is 16.5. The number of benzene rings is 2. The van der Waals surface area contributed by atoms with Crippen molar-refractivity contribution in [1.29, 1.82) is 5.26 Å². The zero-order valence-corrected chi connectivity index (χ0v) is 14.6. The predicted molar refractivity (Wildman–Crippen MR) is 98.5 cm³/mol. The van der Waals surface area contributed by atoms with Gasteiger partial charge in [0.05, 0.1) is 6.07 Å². The number of aryl methyl sites for hydroxylation is 1. The second-order valence-electron chi connectivity index (χ2n) is 5.61. The zero-order valence-electron chi connectivity index (χ0n) is 14.6. The minimum Gasteiger partial charge on any atom is -0.483 e. The van der Waals surface area contributed by atoms with Gasteiger partial charge in [0.2, 0.25) is 5.91 Å². The van der Waals surface area contributed by atoms with Gasteiger partial charge in [0, 0.05) is 12.2 Å². The summed E-state index contributed by atoms with van der Waals surface area (Å²) in [5.74, 6) is 0.161. The fourth-order valence-electron chi connectivity index (χ4n) is 2.32. The lowest BCUT2D eigenvalue weighted by atomic mass is 10.1. The Kier molecular flexibility index (Phi) is 7.19. The van der Waals surface area contributed by atoms with Crippen LogP contribution in [0, 0.1) is 11.3 Å². The van der Waals surface area contributed by atoms with Gasteiger partial charge < -0.3 is 15.4 Å². The van der Waals surface area contributed by atoms with Crippen LogP contribution in [0.25, 0.3) is 0 Å². The number of carbonyl (C=O) groups excluding carboxylic acids is 2. The third-order valence-electron chi connectivity index (χ3n) is 3.68. The van der Waals surface area contributed by atoms with Crippen LogP contribution >= 0.6 is 0 Å². The van der Waals surface area contributed by atoms with Crippen LogP contribution in [-0.4, -0.2) is 18.4 Å². The Bertz CT molecular complexity index is 795. The first kappa shape index (κ1) is 19.0. The fraction of sp³-hybridized carbons (Fsp3) is 0.250. The second-order valence-corrected chi connectivity index (χ2v) is 5.61. The van der Waals surface area contributed by atoms with Crippen molar-refractivity contribution in [2.24, 2.45) is 0 Å². The average Bonchev–Trinajstić information content (AvgIpc) is 2.66. The number of amides is 2. The molecule has 0 fully saturated rings. The van der Waals surface area contributed by atoms with Crippen molar-refractivity contribution < 1.29 is 14.3 Å². The summed E-state index contributed by atoms with van der Waals surface area (Å²) in [6, 6.07) is 16.5. The second kappa shape index (κ2) is 9.84. The molecule has 0 aromatic heterocycles. The number of rotatable bonds is 8. The summed E-state index contributed by atoms with van der Waals surface area (Å²) in [7, 11) is 0. The molecule has 0 spiro atoms. The van der Waals surface area contributed by atoms with Crippen molar-refractivity contribution in [2.45, 2.75) is 26.3 Å². The number of hydrogen-bond acceptors (Lipinski definition) is 4. The summed E-state index contributed by atoms with van der Waals surface area (Å²) in [6.07, 6.45) is 0.680. The lowest BCUT2D eigenvalue weighted by Gasteiger charge is -2.11. The molecular formula is C20H21N3O3. The first-order valence-corrected chi connectivity index (χ1v) is 8.35. The summed E-state index contributed by atoms with van der Waals surface area (Å²) in [5.41, 5.74) is 2.58. The summed E-state index contributed by atoms with van der Waals surface area (Å²) in [6.45, 7) is 2.31. The maximum absolute atomic E-state index is 12.0. The van der Waals surface area contributed by atoms with Gasteiger partial charge in [-0.15, -0.1) is 0 Å². The number of hydrogen-bond donors (Lipinski definition) is 2. The average molecular weight is 351 g/mol. The Morgan fingerprint density at radius 1 is 1.08 bits per heavy atom. The minimum atomic E-state index is -0.311. The molecule has 134 valence electrons. The number of nitrogens with one attached hydrogen (secondary N) is 2. The van der Waals surface area contributed by atoms with Crippen LogP contribution in [0.4, 0.5) is 5.69 Å². The van der Waals surface area contributed by atoms with E-state index in [1.165, 1.54) is 0 Å². The first-order chi connectivity index (χ1) is 12.6. The summed E-state index contributed by atoms with van der Waals surface area (Å²) < 4.78 is 5.59. The Balaban J connectivity index is 1.82. The van der Waals surface area contributed by atoms with Gasteiger partial charge in [0.1, 0.15) is 12.2 Å². The maximum Gasteiger partial charge on any atom is 0.262 e. The van der Waals surface area contributed by atoms with Gasteiger partial charge in [0.15, 0.2) is 6.61 Å². The van der Waals surface area contributed by atoms with E-state index in [2.05, 4.69) is 10.6 Å². The number of para-hydroxylation sites is 1. The highest BCUT2D eigenvalue weighted by Gasteiger charge is 2.06. The topological polar surface area (TPSA) is 91.2 Å². The minimum absolute atomic E-state index is 0.0665. The molecule has 2 N–H and O–H groups in total. The van der Waals surface area contributed by atoms with Crippen LogP contribution in [0.5, 0.6) is 5.75 Å². The number of nitriles is 1. The number of nitrogens with zero attached hydrogens (tertiary/aromatic N) is 1. The van der Waals surface area contributed by atoms with Gasteiger partial charge in [-0.1, -0.05) is 37.3 Å². The van der Waals surface area contributed by atoms with E-state index in [0.29, 0.717) is 18.0 Å². The highest BCUT2D eigenvalue weighted by Crippen LogP contribution is 2.18. The highest BCUT2D eigenvalue weighted by molar-refractivity contribution is 5.91. The van der Waals surface area contributed by atoms with Gasteiger partial charge in [-0.3, -0.25) is 9.59 Å². The van der Waals surface area contributed by atoms with Crippen molar-refractivity contribution in [2.75, 3.05) is 11.9 Å². The summed E-state index contributed by atoms with van der Waals surface area (Å²) in [5, 5.41) is 13.8. The van der Waals surface area contributed by atoms with Gasteiger partial charge in [0.25, 0.3) is 5.91 Å². The molecule has 2 aromatic carbocycles. The molecule has 0 aliphatic heterocycles. The Morgan fingerprint density at radius 2 is 1.81 bits per heavy atom. The van der Waals surface area contributed by atoms with Crippen molar-refractivity contribution >= 4 is 17.5 Å². The standard InChI is InChI=1S/C20H21N3O3/c1-2-16-5-3-4-6-18(16)26-14-20(25)23-17-9-7-15(8-10-17)13-22-19(24)11-12-21/h3-10H,2,11,13-14H2,1H3,(H,22,24)(H,23,25). The normalized spacial score (nSPS) is 9.85. The van der Waals surface area contributed by atoms with E-state index in [4.69, 9.17) is 10.00 Å². The summed E-state index contributed by atoms with van der Waals surface area (Å²) in [4.78, 5) is 23.3. The van der Waals surface area contributed by atoms with Crippen molar-refractivity contribution in [3.8, 4) is 11.8 Å². The molecule has 0 aliphatic rings. The molecule has 0 bridgehead atoms. The van der Waals surface area contributed by atoms with Gasteiger partial charge >= 0.3 is 0 Å². The summed E-state index contributed by atoms with van der Waals surface area (Å²) >= 11 is 0. The van der Waals surface area contributed by atoms with Gasteiger partial charge in [-0.25, -0.2) is 0 Å². The number of anilines is 1. The molecule has 26 heavy (non-hydrogen) atoms. The lowest BCUT2D eigenvalue weighted by molar-refractivity contribution is -0.120. The van der Waals surface area contributed by atoms with E-state index < -0.39 is 0 Å². The Labute approximate surface area is 152 Å². The van der Waals surface area contributed by atoms with Gasteiger partial charge in [-0.05, 0) is 35.7 Å². The molecule has 0 saturated carbocycles. The van der Waals surface area contributed by atoms with Crippen molar-refractivity contribution in [3.05, 3.63) is 59.7 Å². The smallest absolute Gasteiger partial charge is 0.262 e. The molecule has 2 aromatic rings. The third kappa shape index (κ3) is 5.95. The van der Waals surface area contributed by atoms with Crippen molar-refractivity contribution in [1.82, 2.24) is 5.32 Å². The Morgan fingerprint density at radius 3 is 2.50 bits per heavy atom. The van der Waals surface area contributed by atoms with Gasteiger partial charge in [-0.2, -0.15) is 5.26 Å². The molecule has 0 radical (unpaired) electrons. The molecule has 0 atom stereocenters. The first-order valence-electron chi connectivity index (χ1n) is 8.35. The quantitative estimate of drug-likeness (QED) is 0.765. The molecule has 0 heterocycles. The third-order valence-corrected chi connectivity index (χ3v) is 3.68. The SMILES string of the molecule is CCc1ccccc1OCC(=O)Nc1ccc(CNC(=O)CC#N)cc1. The molecule has 6 nitrogen and oxygen atoms in total. The van der Waals surface area contributed by atoms with Crippen LogP contribution < -0.4 is 15.4 Å².